The lowest BCUT2D eigenvalue weighted by Crippen LogP contribution is -2.38. The van der Waals surface area contributed by atoms with Crippen LogP contribution in [0.15, 0.2) is 48.5 Å². The zero-order valence-electron chi connectivity index (χ0n) is 13.0. The van der Waals surface area contributed by atoms with Gasteiger partial charge in [0.2, 0.25) is 5.91 Å². The van der Waals surface area contributed by atoms with Crippen molar-refractivity contribution in [2.75, 3.05) is 6.61 Å². The molecule has 0 saturated heterocycles. The van der Waals surface area contributed by atoms with Crippen molar-refractivity contribution < 1.29 is 9.53 Å². The van der Waals surface area contributed by atoms with E-state index in [0.29, 0.717) is 6.61 Å². The average Bonchev–Trinajstić information content (AvgIpc) is 2.55. The van der Waals surface area contributed by atoms with Crippen LogP contribution < -0.4 is 10.1 Å². The van der Waals surface area contributed by atoms with Crippen molar-refractivity contribution in [3.8, 4) is 5.75 Å². The Bertz CT molecular complexity index is 663. The van der Waals surface area contributed by atoms with Crippen LogP contribution >= 0.6 is 0 Å². The monoisotopic (exact) mass is 295 g/mol. The van der Waals surface area contributed by atoms with E-state index in [0.717, 1.165) is 23.3 Å². The van der Waals surface area contributed by atoms with Gasteiger partial charge in [0.25, 0.3) is 0 Å². The lowest BCUT2D eigenvalue weighted by Gasteiger charge is -2.26. The SMILES string of the molecule is Cc1ccc(C(C)NC(=O)C2COc3ccccc3C2)cc1. The minimum atomic E-state index is -0.122. The molecule has 1 heterocycles. The van der Waals surface area contributed by atoms with E-state index in [1.807, 2.05) is 31.2 Å². The van der Waals surface area contributed by atoms with Crippen LogP contribution in [0.1, 0.15) is 29.7 Å². The molecular formula is C19H21NO2. The van der Waals surface area contributed by atoms with Gasteiger partial charge in [-0.25, -0.2) is 0 Å². The number of ether oxygens (including phenoxy) is 1. The summed E-state index contributed by atoms with van der Waals surface area (Å²) in [5.74, 6) is 0.837. The summed E-state index contributed by atoms with van der Waals surface area (Å²) in [7, 11) is 0. The summed E-state index contributed by atoms with van der Waals surface area (Å²) in [6.07, 6.45) is 0.739. The molecule has 1 N–H and O–H groups in total. The van der Waals surface area contributed by atoms with Gasteiger partial charge in [-0.05, 0) is 37.5 Å². The largest absolute Gasteiger partial charge is 0.492 e. The number of aryl methyl sites for hydroxylation is 1. The van der Waals surface area contributed by atoms with Crippen LogP contribution in [-0.4, -0.2) is 12.5 Å². The van der Waals surface area contributed by atoms with Gasteiger partial charge in [0.05, 0.1) is 12.0 Å². The van der Waals surface area contributed by atoms with Crippen LogP contribution in [0.3, 0.4) is 0 Å². The van der Waals surface area contributed by atoms with Gasteiger partial charge in [-0.1, -0.05) is 48.0 Å². The second-order valence-corrected chi connectivity index (χ2v) is 5.96. The van der Waals surface area contributed by atoms with E-state index >= 15 is 0 Å². The Morgan fingerprint density at radius 2 is 1.91 bits per heavy atom. The second kappa shape index (κ2) is 6.22. The van der Waals surface area contributed by atoms with Gasteiger partial charge in [-0.3, -0.25) is 4.79 Å². The van der Waals surface area contributed by atoms with E-state index in [4.69, 9.17) is 4.74 Å². The maximum atomic E-state index is 12.5. The number of hydrogen-bond acceptors (Lipinski definition) is 2. The Kier molecular flexibility index (Phi) is 4.14. The van der Waals surface area contributed by atoms with Gasteiger partial charge in [-0.15, -0.1) is 0 Å². The first-order valence-corrected chi connectivity index (χ1v) is 7.71. The number of amides is 1. The van der Waals surface area contributed by atoms with Crippen molar-refractivity contribution in [2.45, 2.75) is 26.3 Å². The Hall–Kier alpha value is -2.29. The summed E-state index contributed by atoms with van der Waals surface area (Å²) in [5, 5.41) is 3.10. The van der Waals surface area contributed by atoms with Crippen LogP contribution in [0, 0.1) is 12.8 Å². The number of fused-ring (bicyclic) bond motifs is 1. The first-order chi connectivity index (χ1) is 10.6. The smallest absolute Gasteiger partial charge is 0.227 e. The molecule has 0 spiro atoms. The third-order valence-corrected chi connectivity index (χ3v) is 4.19. The summed E-state index contributed by atoms with van der Waals surface area (Å²) < 4.78 is 5.70. The van der Waals surface area contributed by atoms with Crippen LogP contribution in [-0.2, 0) is 11.2 Å². The van der Waals surface area contributed by atoms with E-state index < -0.39 is 0 Å². The molecule has 2 unspecified atom stereocenters. The number of hydrogen-bond donors (Lipinski definition) is 1. The quantitative estimate of drug-likeness (QED) is 0.942. The van der Waals surface area contributed by atoms with Gasteiger partial charge in [-0.2, -0.15) is 0 Å². The Labute approximate surface area is 131 Å². The van der Waals surface area contributed by atoms with Crippen molar-refractivity contribution in [1.82, 2.24) is 5.32 Å². The second-order valence-electron chi connectivity index (χ2n) is 5.96. The zero-order chi connectivity index (χ0) is 15.5. The molecule has 1 aliphatic heterocycles. The van der Waals surface area contributed by atoms with Crippen molar-refractivity contribution in [1.29, 1.82) is 0 Å². The predicted molar refractivity (Wildman–Crippen MR) is 86.9 cm³/mol. The fourth-order valence-corrected chi connectivity index (χ4v) is 2.77. The van der Waals surface area contributed by atoms with Crippen molar-refractivity contribution in [3.05, 3.63) is 65.2 Å². The van der Waals surface area contributed by atoms with Crippen molar-refractivity contribution in [2.24, 2.45) is 5.92 Å². The van der Waals surface area contributed by atoms with Crippen LogP contribution in [0.2, 0.25) is 0 Å². The zero-order valence-corrected chi connectivity index (χ0v) is 13.0. The molecule has 3 rings (SSSR count). The van der Waals surface area contributed by atoms with Crippen LogP contribution in [0.5, 0.6) is 5.75 Å². The molecule has 114 valence electrons. The van der Waals surface area contributed by atoms with Crippen molar-refractivity contribution >= 4 is 5.91 Å². The van der Waals surface area contributed by atoms with E-state index in [-0.39, 0.29) is 17.9 Å². The summed E-state index contributed by atoms with van der Waals surface area (Å²) in [6, 6.07) is 16.2. The maximum Gasteiger partial charge on any atom is 0.227 e. The van der Waals surface area contributed by atoms with E-state index in [9.17, 15) is 4.79 Å². The summed E-state index contributed by atoms with van der Waals surface area (Å²) >= 11 is 0. The minimum Gasteiger partial charge on any atom is -0.492 e. The normalized spacial score (nSPS) is 18.0. The molecule has 0 fully saturated rings. The summed E-state index contributed by atoms with van der Waals surface area (Å²) in [6.45, 7) is 4.52. The third-order valence-electron chi connectivity index (χ3n) is 4.19. The van der Waals surface area contributed by atoms with Crippen LogP contribution in [0.25, 0.3) is 0 Å². The number of nitrogens with one attached hydrogen (secondary N) is 1. The molecule has 0 saturated carbocycles. The molecule has 22 heavy (non-hydrogen) atoms. The van der Waals surface area contributed by atoms with E-state index in [2.05, 4.69) is 36.5 Å². The standard InChI is InChI=1S/C19H21NO2/c1-13-7-9-15(10-8-13)14(2)20-19(21)17-11-16-5-3-4-6-18(16)22-12-17/h3-10,14,17H,11-12H2,1-2H3,(H,20,21). The van der Waals surface area contributed by atoms with E-state index in [1.165, 1.54) is 5.56 Å². The Morgan fingerprint density at radius 3 is 2.68 bits per heavy atom. The number of benzene rings is 2. The van der Waals surface area contributed by atoms with Gasteiger partial charge in [0.1, 0.15) is 12.4 Å². The molecule has 2 atom stereocenters. The average molecular weight is 295 g/mol. The topological polar surface area (TPSA) is 38.3 Å². The Balaban J connectivity index is 1.64. The van der Waals surface area contributed by atoms with Gasteiger partial charge in [0.15, 0.2) is 0 Å². The summed E-state index contributed by atoms with van der Waals surface area (Å²) in [4.78, 5) is 12.5. The molecule has 0 bridgehead atoms. The predicted octanol–water partition coefficient (Wildman–Crippen LogP) is 3.42. The molecule has 3 nitrogen and oxygen atoms in total. The minimum absolute atomic E-state index is 0.00488. The molecular weight excluding hydrogens is 274 g/mol. The number of para-hydroxylation sites is 1. The molecule has 0 aromatic heterocycles. The van der Waals surface area contributed by atoms with Gasteiger partial charge in [0, 0.05) is 0 Å². The highest BCUT2D eigenvalue weighted by atomic mass is 16.5. The molecule has 1 amide bonds. The lowest BCUT2D eigenvalue weighted by atomic mass is 9.95. The number of carbonyl (C=O) groups excluding carboxylic acids is 1. The van der Waals surface area contributed by atoms with E-state index in [1.54, 1.807) is 0 Å². The highest BCUT2D eigenvalue weighted by Crippen LogP contribution is 2.27. The highest BCUT2D eigenvalue weighted by molar-refractivity contribution is 5.80. The third kappa shape index (κ3) is 3.14. The van der Waals surface area contributed by atoms with Crippen LogP contribution in [0.4, 0.5) is 0 Å². The Morgan fingerprint density at radius 1 is 1.18 bits per heavy atom. The highest BCUT2D eigenvalue weighted by Gasteiger charge is 2.26. The van der Waals surface area contributed by atoms with Gasteiger partial charge < -0.3 is 10.1 Å². The summed E-state index contributed by atoms with van der Waals surface area (Å²) in [5.41, 5.74) is 3.45. The molecule has 3 heteroatoms. The first-order valence-electron chi connectivity index (χ1n) is 7.71. The number of rotatable bonds is 3. The molecule has 2 aromatic carbocycles. The fraction of sp³-hybridized carbons (Fsp3) is 0.316. The molecule has 2 aromatic rings. The maximum absolute atomic E-state index is 12.5. The molecule has 0 aliphatic carbocycles. The molecule has 1 aliphatic rings. The number of carbonyl (C=O) groups is 1. The van der Waals surface area contributed by atoms with Crippen molar-refractivity contribution in [3.63, 3.8) is 0 Å². The first kappa shape index (κ1) is 14.6. The van der Waals surface area contributed by atoms with Gasteiger partial charge >= 0.3 is 0 Å². The fourth-order valence-electron chi connectivity index (χ4n) is 2.77. The lowest BCUT2D eigenvalue weighted by molar-refractivity contribution is -0.126. The molecule has 0 radical (unpaired) electrons.